The molecule has 1 fully saturated rings. The largest absolute Gasteiger partial charge is 0.489 e. The van der Waals surface area contributed by atoms with Crippen molar-refractivity contribution in [2.75, 3.05) is 7.05 Å². The van der Waals surface area contributed by atoms with Crippen LogP contribution in [0.4, 0.5) is 0 Å². The summed E-state index contributed by atoms with van der Waals surface area (Å²) in [5.74, 6) is 1.64. The highest BCUT2D eigenvalue weighted by Gasteiger charge is 2.36. The summed E-state index contributed by atoms with van der Waals surface area (Å²) < 4.78 is 6.30. The lowest BCUT2D eigenvalue weighted by molar-refractivity contribution is 0.0496. The van der Waals surface area contributed by atoms with E-state index in [1.807, 2.05) is 32.2 Å². The van der Waals surface area contributed by atoms with E-state index in [0.717, 1.165) is 22.8 Å². The van der Waals surface area contributed by atoms with Crippen molar-refractivity contribution in [3.8, 4) is 5.75 Å². The molecule has 2 nitrogen and oxygen atoms in total. The maximum atomic E-state index is 6.30. The molecule has 0 radical (unpaired) electrons. The molecule has 0 aliphatic heterocycles. The quantitative estimate of drug-likeness (QED) is 0.863. The molecule has 1 aromatic carbocycles. The normalized spacial score (nSPS) is 26.7. The second-order valence-electron chi connectivity index (χ2n) is 7.34. The Morgan fingerprint density at radius 3 is 2.52 bits per heavy atom. The van der Waals surface area contributed by atoms with E-state index in [2.05, 4.69) is 26.1 Å². The van der Waals surface area contributed by atoms with Crippen molar-refractivity contribution in [3.63, 3.8) is 0 Å². The van der Waals surface area contributed by atoms with Gasteiger partial charge in [0.15, 0.2) is 0 Å². The summed E-state index contributed by atoms with van der Waals surface area (Å²) >= 11 is 6.09. The maximum absolute atomic E-state index is 6.30. The fourth-order valence-electron chi connectivity index (χ4n) is 3.24. The molecular weight excluding hydrogens is 282 g/mol. The summed E-state index contributed by atoms with van der Waals surface area (Å²) in [5, 5.41) is 4.22. The van der Waals surface area contributed by atoms with Gasteiger partial charge >= 0.3 is 0 Å². The minimum absolute atomic E-state index is 0.230. The van der Waals surface area contributed by atoms with E-state index in [-0.39, 0.29) is 6.10 Å². The minimum atomic E-state index is 0.230. The van der Waals surface area contributed by atoms with E-state index in [1.165, 1.54) is 12.8 Å². The van der Waals surface area contributed by atoms with Crippen molar-refractivity contribution in [2.24, 2.45) is 11.3 Å². The van der Waals surface area contributed by atoms with E-state index in [4.69, 9.17) is 16.3 Å². The molecule has 0 spiro atoms. The molecule has 0 bridgehead atoms. The minimum Gasteiger partial charge on any atom is -0.489 e. The number of nitrogens with one attached hydrogen (secondary N) is 1. The number of hydrogen-bond donors (Lipinski definition) is 1. The predicted molar refractivity (Wildman–Crippen MR) is 90.2 cm³/mol. The third-order valence-corrected chi connectivity index (χ3v) is 5.23. The molecule has 2 rings (SSSR count). The first-order chi connectivity index (χ1) is 9.81. The first kappa shape index (κ1) is 16.6. The smallest absolute Gasteiger partial charge is 0.120 e. The van der Waals surface area contributed by atoms with Crippen molar-refractivity contribution in [1.82, 2.24) is 5.32 Å². The van der Waals surface area contributed by atoms with Crippen LogP contribution in [-0.4, -0.2) is 19.2 Å². The van der Waals surface area contributed by atoms with Crippen molar-refractivity contribution < 1.29 is 4.74 Å². The van der Waals surface area contributed by atoms with Crippen LogP contribution < -0.4 is 10.1 Å². The van der Waals surface area contributed by atoms with E-state index in [1.54, 1.807) is 0 Å². The van der Waals surface area contributed by atoms with Crippen molar-refractivity contribution in [1.29, 1.82) is 0 Å². The Hall–Kier alpha value is -0.730. The lowest BCUT2D eigenvalue weighted by Crippen LogP contribution is -2.47. The first-order valence-electron chi connectivity index (χ1n) is 7.91. The molecule has 3 unspecified atom stereocenters. The van der Waals surface area contributed by atoms with Crippen molar-refractivity contribution >= 4 is 11.6 Å². The molecule has 118 valence electrons. The lowest BCUT2D eigenvalue weighted by atomic mass is 9.70. The molecule has 0 saturated heterocycles. The second-order valence-corrected chi connectivity index (χ2v) is 7.75. The van der Waals surface area contributed by atoms with Crippen LogP contribution in [0.5, 0.6) is 5.75 Å². The number of benzene rings is 1. The summed E-state index contributed by atoms with van der Waals surface area (Å²) in [6.07, 6.45) is 3.79. The molecule has 3 atom stereocenters. The fraction of sp³-hybridized carbons (Fsp3) is 0.667. The number of hydrogen-bond acceptors (Lipinski definition) is 2. The maximum Gasteiger partial charge on any atom is 0.120 e. The molecule has 1 aliphatic carbocycles. The summed E-state index contributed by atoms with van der Waals surface area (Å²) in [5.41, 5.74) is 1.41. The van der Waals surface area contributed by atoms with Crippen molar-refractivity contribution in [2.45, 2.75) is 59.1 Å². The van der Waals surface area contributed by atoms with Gasteiger partial charge in [0.2, 0.25) is 0 Å². The van der Waals surface area contributed by atoms with Crippen LogP contribution in [0.2, 0.25) is 5.02 Å². The van der Waals surface area contributed by atoms with Crippen molar-refractivity contribution in [3.05, 3.63) is 28.8 Å². The molecular formula is C18H28ClNO. The summed E-state index contributed by atoms with van der Waals surface area (Å²) in [4.78, 5) is 0. The van der Waals surface area contributed by atoms with Gasteiger partial charge < -0.3 is 10.1 Å². The summed E-state index contributed by atoms with van der Waals surface area (Å²) in [6, 6.07) is 6.36. The Morgan fingerprint density at radius 1 is 1.24 bits per heavy atom. The molecule has 1 N–H and O–H groups in total. The average molecular weight is 310 g/mol. The highest BCUT2D eigenvalue weighted by molar-refractivity contribution is 6.31. The first-order valence-corrected chi connectivity index (χ1v) is 8.29. The number of rotatable bonds is 3. The van der Waals surface area contributed by atoms with E-state index >= 15 is 0 Å². The van der Waals surface area contributed by atoms with Gasteiger partial charge in [-0.2, -0.15) is 0 Å². The molecule has 3 heteroatoms. The Morgan fingerprint density at radius 2 is 1.95 bits per heavy atom. The Kier molecular flexibility index (Phi) is 5.21. The number of halogens is 1. The lowest BCUT2D eigenvalue weighted by Gasteiger charge is -2.41. The highest BCUT2D eigenvalue weighted by Crippen LogP contribution is 2.39. The third-order valence-electron chi connectivity index (χ3n) is 4.80. The van der Waals surface area contributed by atoms with Crippen LogP contribution in [-0.2, 0) is 0 Å². The molecule has 1 saturated carbocycles. The Labute approximate surface area is 134 Å². The number of likely N-dealkylation sites (N-methyl/N-ethyl adjacent to an activating group) is 1. The van der Waals surface area contributed by atoms with Gasteiger partial charge in [-0.3, -0.25) is 0 Å². The topological polar surface area (TPSA) is 21.3 Å². The van der Waals surface area contributed by atoms with E-state index < -0.39 is 0 Å². The second kappa shape index (κ2) is 6.58. The zero-order chi connectivity index (χ0) is 15.6. The molecule has 0 heterocycles. The average Bonchev–Trinajstić information content (AvgIpc) is 2.42. The van der Waals surface area contributed by atoms with Gasteiger partial charge in [-0.25, -0.2) is 0 Å². The summed E-state index contributed by atoms with van der Waals surface area (Å²) in [7, 11) is 2.03. The van der Waals surface area contributed by atoms with Crippen LogP contribution >= 0.6 is 11.6 Å². The Bertz CT molecular complexity index is 481. The molecule has 0 aromatic heterocycles. The molecule has 0 amide bonds. The zero-order valence-electron chi connectivity index (χ0n) is 13.9. The van der Waals surface area contributed by atoms with E-state index in [9.17, 15) is 0 Å². The fourth-order valence-corrected chi connectivity index (χ4v) is 3.36. The molecule has 1 aromatic rings. The predicted octanol–water partition coefficient (Wildman–Crippen LogP) is 4.83. The van der Waals surface area contributed by atoms with Gasteiger partial charge in [-0.15, -0.1) is 0 Å². The van der Waals surface area contributed by atoms with Gasteiger partial charge in [0.1, 0.15) is 11.9 Å². The van der Waals surface area contributed by atoms with Crippen LogP contribution in [0.15, 0.2) is 18.2 Å². The number of aryl methyl sites for hydroxylation is 1. The monoisotopic (exact) mass is 309 g/mol. The van der Waals surface area contributed by atoms with Crippen LogP contribution in [0.3, 0.4) is 0 Å². The van der Waals surface area contributed by atoms with Gasteiger partial charge in [0, 0.05) is 11.1 Å². The highest BCUT2D eigenvalue weighted by atomic mass is 35.5. The van der Waals surface area contributed by atoms with Crippen LogP contribution in [0, 0.1) is 18.3 Å². The van der Waals surface area contributed by atoms with Crippen LogP contribution in [0.25, 0.3) is 0 Å². The van der Waals surface area contributed by atoms with Gasteiger partial charge in [-0.05, 0) is 68.3 Å². The van der Waals surface area contributed by atoms with E-state index in [0.29, 0.717) is 17.4 Å². The summed E-state index contributed by atoms with van der Waals surface area (Å²) in [6.45, 7) is 9.02. The zero-order valence-corrected chi connectivity index (χ0v) is 14.6. The van der Waals surface area contributed by atoms with Gasteiger partial charge in [0.05, 0.1) is 0 Å². The Balaban J connectivity index is 2.12. The SMILES string of the molecule is CNC1CCC(C(C)(C)C)CC1Oc1ccc(Cl)c(C)c1. The molecule has 1 aliphatic rings. The third kappa shape index (κ3) is 4.14. The van der Waals surface area contributed by atoms with Gasteiger partial charge in [0.25, 0.3) is 0 Å². The standard InChI is InChI=1S/C18H28ClNO/c1-12-10-14(7-8-15(12)19)21-17-11-13(18(2,3)4)6-9-16(17)20-5/h7-8,10,13,16-17,20H,6,9,11H2,1-5H3. The van der Waals surface area contributed by atoms with Gasteiger partial charge in [-0.1, -0.05) is 32.4 Å². The molecule has 21 heavy (non-hydrogen) atoms. The van der Waals surface area contributed by atoms with Crippen LogP contribution in [0.1, 0.15) is 45.6 Å². The number of ether oxygens (including phenoxy) is 1.